The molecule has 3 heterocycles. The van der Waals surface area contributed by atoms with Crippen molar-refractivity contribution in [2.75, 3.05) is 23.7 Å². The Kier molecular flexibility index (Phi) is 5.02. The third-order valence-electron chi connectivity index (χ3n) is 6.17. The summed E-state index contributed by atoms with van der Waals surface area (Å²) in [5.41, 5.74) is 3.44. The van der Waals surface area contributed by atoms with E-state index in [0.29, 0.717) is 23.9 Å². The molecule has 2 aromatic heterocycles. The third kappa shape index (κ3) is 2.88. The summed E-state index contributed by atoms with van der Waals surface area (Å²) in [7, 11) is 0. The van der Waals surface area contributed by atoms with Gasteiger partial charge in [-0.15, -0.1) is 0 Å². The highest BCUT2D eigenvalue weighted by Crippen LogP contribution is 2.42. The fraction of sp³-hybridized carbons (Fsp3) is 0.208. The zero-order chi connectivity index (χ0) is 24.1. The molecule has 0 amide bonds. The van der Waals surface area contributed by atoms with Crippen LogP contribution in [0.15, 0.2) is 24.3 Å². The van der Waals surface area contributed by atoms with Gasteiger partial charge in [0.25, 0.3) is 0 Å². The van der Waals surface area contributed by atoms with Crippen molar-refractivity contribution in [1.29, 1.82) is 10.5 Å². The van der Waals surface area contributed by atoms with Crippen LogP contribution < -0.4 is 10.6 Å². The van der Waals surface area contributed by atoms with Gasteiger partial charge in [-0.05, 0) is 31.4 Å². The highest BCUT2D eigenvalue weighted by atomic mass is 19.2. The van der Waals surface area contributed by atoms with E-state index in [-0.39, 0.29) is 24.6 Å². The lowest BCUT2D eigenvalue weighted by molar-refractivity contribution is 0.448. The summed E-state index contributed by atoms with van der Waals surface area (Å²) in [5, 5.41) is 19.7. The zero-order valence-corrected chi connectivity index (χ0v) is 17.7. The first-order chi connectivity index (χ1) is 16.4. The van der Waals surface area contributed by atoms with Crippen LogP contribution in [0.5, 0.6) is 0 Å². The molecule has 0 spiro atoms. The summed E-state index contributed by atoms with van der Waals surface area (Å²) in [5.74, 6) is -6.84. The average molecular weight is 464 g/mol. The molecule has 1 aliphatic heterocycles. The number of pyridine rings is 1. The molecule has 0 radical (unpaired) electrons. The molecule has 4 aromatic rings. The first kappa shape index (κ1) is 21.5. The van der Waals surface area contributed by atoms with Crippen molar-refractivity contribution < 1.29 is 17.6 Å². The molecule has 10 heteroatoms. The highest BCUT2D eigenvalue weighted by molar-refractivity contribution is 5.93. The number of benzene rings is 2. The Labute approximate surface area is 191 Å². The Morgan fingerprint density at radius 3 is 2.06 bits per heavy atom. The number of aromatic nitrogens is 2. The van der Waals surface area contributed by atoms with E-state index < -0.39 is 51.2 Å². The summed E-state index contributed by atoms with van der Waals surface area (Å²) in [6.07, 6.45) is 2.10. The SMILES string of the molecule is N#Cc1c(-c2c(F)c(F)c(N3CCCCC3)c(F)c2F)c(C#N)c2nc3ccccc3n2c1N. The van der Waals surface area contributed by atoms with Crippen molar-refractivity contribution in [3.8, 4) is 23.3 Å². The van der Waals surface area contributed by atoms with E-state index in [4.69, 9.17) is 5.73 Å². The van der Waals surface area contributed by atoms with Gasteiger partial charge in [0.15, 0.2) is 28.9 Å². The molecular weight excluding hydrogens is 448 g/mol. The van der Waals surface area contributed by atoms with Crippen LogP contribution in [0.3, 0.4) is 0 Å². The van der Waals surface area contributed by atoms with Gasteiger partial charge in [0.1, 0.15) is 34.8 Å². The number of nitrogen functional groups attached to an aromatic ring is 1. The second-order valence-electron chi connectivity index (χ2n) is 8.02. The molecule has 0 atom stereocenters. The second-order valence-corrected chi connectivity index (χ2v) is 8.02. The lowest BCUT2D eigenvalue weighted by Gasteiger charge is -2.30. The molecular formula is C24H16F4N6. The molecule has 1 fully saturated rings. The van der Waals surface area contributed by atoms with E-state index in [1.54, 1.807) is 36.4 Å². The van der Waals surface area contributed by atoms with E-state index in [1.165, 1.54) is 9.30 Å². The summed E-state index contributed by atoms with van der Waals surface area (Å²) in [6, 6.07) is 10.2. The number of nitriles is 2. The van der Waals surface area contributed by atoms with Crippen LogP contribution in [0.25, 0.3) is 27.8 Å². The summed E-state index contributed by atoms with van der Waals surface area (Å²) in [4.78, 5) is 5.58. The number of nitrogens with two attached hydrogens (primary N) is 1. The molecule has 1 aliphatic rings. The van der Waals surface area contributed by atoms with Crippen molar-refractivity contribution >= 4 is 28.2 Å². The van der Waals surface area contributed by atoms with Crippen LogP contribution in [0.1, 0.15) is 30.4 Å². The molecule has 34 heavy (non-hydrogen) atoms. The van der Waals surface area contributed by atoms with Crippen LogP contribution in [0.4, 0.5) is 29.1 Å². The van der Waals surface area contributed by atoms with Gasteiger partial charge in [-0.25, -0.2) is 22.5 Å². The molecule has 0 aliphatic carbocycles. The van der Waals surface area contributed by atoms with Crippen molar-refractivity contribution in [3.05, 3.63) is 58.7 Å². The third-order valence-corrected chi connectivity index (χ3v) is 6.17. The molecule has 0 bridgehead atoms. The lowest BCUT2D eigenvalue weighted by atomic mass is 9.94. The fourth-order valence-corrected chi connectivity index (χ4v) is 4.62. The molecule has 0 unspecified atom stereocenters. The number of fused-ring (bicyclic) bond motifs is 3. The normalized spacial score (nSPS) is 13.9. The van der Waals surface area contributed by atoms with Gasteiger partial charge in [-0.2, -0.15) is 10.5 Å². The predicted octanol–water partition coefficient (Wildman–Crippen LogP) is 5.03. The molecule has 2 aromatic carbocycles. The van der Waals surface area contributed by atoms with Gasteiger partial charge < -0.3 is 10.6 Å². The molecule has 0 saturated carbocycles. The minimum Gasteiger partial charge on any atom is -0.384 e. The Hall–Kier alpha value is -4.31. The topological polar surface area (TPSA) is 94.1 Å². The summed E-state index contributed by atoms with van der Waals surface area (Å²) < 4.78 is 62.5. The smallest absolute Gasteiger partial charge is 0.185 e. The van der Waals surface area contributed by atoms with Crippen molar-refractivity contribution in [2.45, 2.75) is 19.3 Å². The van der Waals surface area contributed by atoms with Crippen LogP contribution >= 0.6 is 0 Å². The quantitative estimate of drug-likeness (QED) is 0.332. The largest absolute Gasteiger partial charge is 0.384 e. The van der Waals surface area contributed by atoms with Crippen LogP contribution in [0, 0.1) is 45.9 Å². The zero-order valence-electron chi connectivity index (χ0n) is 17.7. The van der Waals surface area contributed by atoms with Gasteiger partial charge in [0, 0.05) is 18.7 Å². The van der Waals surface area contributed by atoms with Gasteiger partial charge in [-0.1, -0.05) is 12.1 Å². The maximum atomic E-state index is 15.4. The van der Waals surface area contributed by atoms with Gasteiger partial charge in [0.05, 0.1) is 16.6 Å². The fourth-order valence-electron chi connectivity index (χ4n) is 4.62. The first-order valence-corrected chi connectivity index (χ1v) is 10.5. The summed E-state index contributed by atoms with van der Waals surface area (Å²) in [6.45, 7) is 0.497. The predicted molar refractivity (Wildman–Crippen MR) is 118 cm³/mol. The Balaban J connectivity index is 1.90. The van der Waals surface area contributed by atoms with Gasteiger partial charge in [-0.3, -0.25) is 4.40 Å². The minimum atomic E-state index is -1.70. The van der Waals surface area contributed by atoms with Crippen molar-refractivity contribution in [3.63, 3.8) is 0 Å². The number of piperidine rings is 1. The lowest BCUT2D eigenvalue weighted by Crippen LogP contribution is -2.31. The second kappa shape index (κ2) is 7.92. The first-order valence-electron chi connectivity index (χ1n) is 10.5. The average Bonchev–Trinajstić information content (AvgIpc) is 3.24. The van der Waals surface area contributed by atoms with Crippen molar-refractivity contribution in [2.24, 2.45) is 0 Å². The number of anilines is 2. The number of halogens is 4. The molecule has 1 saturated heterocycles. The van der Waals surface area contributed by atoms with Crippen LogP contribution in [-0.2, 0) is 0 Å². The minimum absolute atomic E-state index is 0.0880. The van der Waals surface area contributed by atoms with E-state index in [1.807, 2.05) is 0 Å². The number of hydrogen-bond acceptors (Lipinski definition) is 5. The number of hydrogen-bond donors (Lipinski definition) is 1. The maximum Gasteiger partial charge on any atom is 0.185 e. The van der Waals surface area contributed by atoms with Crippen LogP contribution in [0.2, 0.25) is 0 Å². The molecule has 170 valence electrons. The molecule has 5 rings (SSSR count). The van der Waals surface area contributed by atoms with E-state index in [0.717, 1.165) is 6.42 Å². The van der Waals surface area contributed by atoms with E-state index >= 15 is 17.6 Å². The number of para-hydroxylation sites is 2. The maximum absolute atomic E-state index is 15.4. The molecule has 6 nitrogen and oxygen atoms in total. The Morgan fingerprint density at radius 2 is 1.44 bits per heavy atom. The molecule has 2 N–H and O–H groups in total. The van der Waals surface area contributed by atoms with Gasteiger partial charge >= 0.3 is 0 Å². The monoisotopic (exact) mass is 464 g/mol. The highest BCUT2D eigenvalue weighted by Gasteiger charge is 2.34. The Bertz CT molecular complexity index is 1540. The van der Waals surface area contributed by atoms with Crippen molar-refractivity contribution in [1.82, 2.24) is 9.38 Å². The number of nitrogens with zero attached hydrogens (tertiary/aromatic N) is 5. The standard InChI is InChI=1S/C24H16F4N6/c25-18-17(19(26)21(28)22(20(18)27)33-8-4-1-5-9-33)16-12(10-29)23(31)34-15-7-3-2-6-14(15)32-24(34)13(16)11-30/h2-3,6-7H,1,4-5,8-9,31H2. The van der Waals surface area contributed by atoms with E-state index in [9.17, 15) is 10.5 Å². The van der Waals surface area contributed by atoms with Crippen LogP contribution in [-0.4, -0.2) is 22.5 Å². The van der Waals surface area contributed by atoms with E-state index in [2.05, 4.69) is 4.98 Å². The Morgan fingerprint density at radius 1 is 0.824 bits per heavy atom. The van der Waals surface area contributed by atoms with Gasteiger partial charge in [0.2, 0.25) is 0 Å². The number of imidazole rings is 1. The summed E-state index contributed by atoms with van der Waals surface area (Å²) >= 11 is 0. The number of rotatable bonds is 2.